The molecule has 2 aromatic carbocycles. The maximum Gasteiger partial charge on any atom is 0.237 e. The molecule has 1 unspecified atom stereocenters. The molecule has 0 radical (unpaired) electrons. The van der Waals surface area contributed by atoms with Gasteiger partial charge >= 0.3 is 0 Å². The molecule has 1 aliphatic rings. The van der Waals surface area contributed by atoms with Crippen molar-refractivity contribution >= 4 is 23.4 Å². The number of nitriles is 1. The molecule has 0 bridgehead atoms. The van der Waals surface area contributed by atoms with Gasteiger partial charge in [0.05, 0.1) is 23.4 Å². The van der Waals surface area contributed by atoms with Crippen molar-refractivity contribution in [3.63, 3.8) is 0 Å². The van der Waals surface area contributed by atoms with Crippen LogP contribution in [-0.2, 0) is 11.3 Å². The second kappa shape index (κ2) is 9.77. The molecular weight excluding hydrogens is 408 g/mol. The average molecular weight is 433 g/mol. The van der Waals surface area contributed by atoms with Crippen molar-refractivity contribution in [3.05, 3.63) is 66.0 Å². The normalized spacial score (nSPS) is 14.8. The summed E-state index contributed by atoms with van der Waals surface area (Å²) in [4.78, 5) is 15.2. The van der Waals surface area contributed by atoms with Crippen LogP contribution < -0.4 is 5.32 Å². The van der Waals surface area contributed by atoms with E-state index in [1.807, 2.05) is 41.8 Å². The zero-order valence-electron chi connectivity index (χ0n) is 17.4. The molecule has 1 aromatic heterocycles. The molecule has 2 heterocycles. The molecule has 4 rings (SSSR count). The topological polar surface area (TPSA) is 86.8 Å². The van der Waals surface area contributed by atoms with Gasteiger partial charge in [0.1, 0.15) is 0 Å². The van der Waals surface area contributed by atoms with Gasteiger partial charge in [0.15, 0.2) is 11.0 Å². The highest BCUT2D eigenvalue weighted by Gasteiger charge is 2.23. The summed E-state index contributed by atoms with van der Waals surface area (Å²) in [6, 6.07) is 19.0. The molecule has 31 heavy (non-hydrogen) atoms. The maximum absolute atomic E-state index is 12.8. The van der Waals surface area contributed by atoms with Crippen LogP contribution in [0, 0.1) is 11.3 Å². The first-order valence-electron chi connectivity index (χ1n) is 10.3. The second-order valence-corrected chi connectivity index (χ2v) is 8.80. The molecular formula is C23H24N6OS. The van der Waals surface area contributed by atoms with E-state index in [0.29, 0.717) is 16.4 Å². The van der Waals surface area contributed by atoms with Gasteiger partial charge in [0, 0.05) is 11.4 Å². The molecule has 7 nitrogen and oxygen atoms in total. The van der Waals surface area contributed by atoms with Crippen LogP contribution in [0.5, 0.6) is 0 Å². The lowest BCUT2D eigenvalue weighted by Gasteiger charge is -2.17. The average Bonchev–Trinajstić information content (AvgIpc) is 3.45. The van der Waals surface area contributed by atoms with E-state index in [2.05, 4.69) is 26.5 Å². The number of aromatic nitrogens is 3. The summed E-state index contributed by atoms with van der Waals surface area (Å²) in [6.07, 6.45) is 2.43. The molecule has 1 saturated heterocycles. The van der Waals surface area contributed by atoms with Gasteiger partial charge in [0.2, 0.25) is 5.91 Å². The summed E-state index contributed by atoms with van der Waals surface area (Å²) < 4.78 is 2.04. The van der Waals surface area contributed by atoms with Crippen molar-refractivity contribution in [2.45, 2.75) is 36.7 Å². The Labute approximate surface area is 186 Å². The Balaban J connectivity index is 1.53. The van der Waals surface area contributed by atoms with Crippen molar-refractivity contribution in [2.24, 2.45) is 0 Å². The maximum atomic E-state index is 12.8. The molecule has 8 heteroatoms. The first-order chi connectivity index (χ1) is 15.1. The largest absolute Gasteiger partial charge is 0.325 e. The van der Waals surface area contributed by atoms with E-state index in [-0.39, 0.29) is 5.91 Å². The van der Waals surface area contributed by atoms with E-state index >= 15 is 0 Å². The van der Waals surface area contributed by atoms with Gasteiger partial charge in [-0.05, 0) is 63.2 Å². The van der Waals surface area contributed by atoms with Crippen LogP contribution in [0.15, 0.2) is 59.8 Å². The Kier molecular flexibility index (Phi) is 6.65. The third kappa shape index (κ3) is 5.13. The summed E-state index contributed by atoms with van der Waals surface area (Å²) in [5, 5.41) is 21.1. The van der Waals surface area contributed by atoms with Gasteiger partial charge in [-0.25, -0.2) is 0 Å². The number of nitrogens with zero attached hydrogens (tertiary/aromatic N) is 5. The minimum Gasteiger partial charge on any atom is -0.325 e. The highest BCUT2D eigenvalue weighted by atomic mass is 32.2. The third-order valence-electron chi connectivity index (χ3n) is 5.19. The summed E-state index contributed by atoms with van der Waals surface area (Å²) in [7, 11) is 0. The first-order valence-corrected chi connectivity index (χ1v) is 11.2. The highest BCUT2D eigenvalue weighted by molar-refractivity contribution is 8.00. The van der Waals surface area contributed by atoms with Crippen LogP contribution >= 0.6 is 11.8 Å². The zero-order valence-corrected chi connectivity index (χ0v) is 18.2. The SMILES string of the molecule is CC(Sc1nnc(CN2CCCC2)n1-c1ccccc1)C(=O)Nc1cccc(C#N)c1. The van der Waals surface area contributed by atoms with E-state index in [1.165, 1.54) is 24.6 Å². The quantitative estimate of drug-likeness (QED) is 0.571. The van der Waals surface area contributed by atoms with Gasteiger partial charge in [-0.15, -0.1) is 10.2 Å². The molecule has 1 N–H and O–H groups in total. The van der Waals surface area contributed by atoms with E-state index in [0.717, 1.165) is 31.1 Å². The van der Waals surface area contributed by atoms with Gasteiger partial charge in [-0.2, -0.15) is 5.26 Å². The van der Waals surface area contributed by atoms with Gasteiger partial charge in [-0.1, -0.05) is 36.0 Å². The van der Waals surface area contributed by atoms with Crippen LogP contribution in [0.2, 0.25) is 0 Å². The van der Waals surface area contributed by atoms with E-state index in [4.69, 9.17) is 5.26 Å². The fourth-order valence-electron chi connectivity index (χ4n) is 3.58. The number of para-hydroxylation sites is 1. The Morgan fingerprint density at radius 3 is 2.68 bits per heavy atom. The van der Waals surface area contributed by atoms with E-state index < -0.39 is 5.25 Å². The summed E-state index contributed by atoms with van der Waals surface area (Å²) in [5.41, 5.74) is 2.10. The molecule has 0 saturated carbocycles. The number of carbonyl (C=O) groups is 1. The highest BCUT2D eigenvalue weighted by Crippen LogP contribution is 2.27. The molecule has 0 aliphatic carbocycles. The van der Waals surface area contributed by atoms with Crippen LogP contribution in [-0.4, -0.2) is 43.9 Å². The molecule has 158 valence electrons. The number of benzene rings is 2. The number of hydrogen-bond donors (Lipinski definition) is 1. The van der Waals surface area contributed by atoms with Crippen LogP contribution in [0.3, 0.4) is 0 Å². The third-order valence-corrected chi connectivity index (χ3v) is 6.23. The van der Waals surface area contributed by atoms with Crippen molar-refractivity contribution in [1.82, 2.24) is 19.7 Å². The number of carbonyl (C=O) groups excluding carboxylic acids is 1. The van der Waals surface area contributed by atoms with E-state index in [1.54, 1.807) is 24.3 Å². The van der Waals surface area contributed by atoms with Crippen LogP contribution in [0.1, 0.15) is 31.2 Å². The van der Waals surface area contributed by atoms with Crippen molar-refractivity contribution in [2.75, 3.05) is 18.4 Å². The molecule has 1 atom stereocenters. The lowest BCUT2D eigenvalue weighted by Crippen LogP contribution is -2.23. The van der Waals surface area contributed by atoms with Crippen molar-refractivity contribution in [3.8, 4) is 11.8 Å². The van der Waals surface area contributed by atoms with Gasteiger partial charge in [-0.3, -0.25) is 14.3 Å². The number of rotatable bonds is 7. The van der Waals surface area contributed by atoms with Crippen LogP contribution in [0.25, 0.3) is 5.69 Å². The zero-order chi connectivity index (χ0) is 21.6. The van der Waals surface area contributed by atoms with Gasteiger partial charge < -0.3 is 5.32 Å². The number of thioether (sulfide) groups is 1. The van der Waals surface area contributed by atoms with Crippen molar-refractivity contribution < 1.29 is 4.79 Å². The Morgan fingerprint density at radius 1 is 1.16 bits per heavy atom. The molecule has 3 aromatic rings. The minimum atomic E-state index is -0.392. The monoisotopic (exact) mass is 432 g/mol. The Morgan fingerprint density at radius 2 is 1.94 bits per heavy atom. The number of likely N-dealkylation sites (tertiary alicyclic amines) is 1. The fraction of sp³-hybridized carbons (Fsp3) is 0.304. The summed E-state index contributed by atoms with van der Waals surface area (Å²) >= 11 is 1.37. The standard InChI is InChI=1S/C23H24N6OS/c1-17(22(30)25-19-9-7-8-18(14-19)15-24)31-23-27-26-21(16-28-12-5-6-13-28)29(23)20-10-3-2-4-11-20/h2-4,7-11,14,17H,5-6,12-13,16H2,1H3,(H,25,30). The number of amides is 1. The number of hydrogen-bond acceptors (Lipinski definition) is 6. The lowest BCUT2D eigenvalue weighted by molar-refractivity contribution is -0.115. The molecule has 1 fully saturated rings. The number of anilines is 1. The lowest BCUT2D eigenvalue weighted by atomic mass is 10.2. The molecule has 1 amide bonds. The Bertz CT molecular complexity index is 1080. The van der Waals surface area contributed by atoms with Crippen molar-refractivity contribution in [1.29, 1.82) is 5.26 Å². The first kappa shape index (κ1) is 21.1. The molecule has 1 aliphatic heterocycles. The summed E-state index contributed by atoms with van der Waals surface area (Å²) in [5.74, 6) is 0.730. The van der Waals surface area contributed by atoms with Crippen LogP contribution in [0.4, 0.5) is 5.69 Å². The second-order valence-electron chi connectivity index (χ2n) is 7.49. The number of nitrogens with one attached hydrogen (secondary N) is 1. The van der Waals surface area contributed by atoms with E-state index in [9.17, 15) is 4.79 Å². The predicted molar refractivity (Wildman–Crippen MR) is 121 cm³/mol. The Hall–Kier alpha value is -3.15. The summed E-state index contributed by atoms with van der Waals surface area (Å²) in [6.45, 7) is 4.73. The van der Waals surface area contributed by atoms with Gasteiger partial charge in [0.25, 0.3) is 0 Å². The minimum absolute atomic E-state index is 0.149. The molecule has 0 spiro atoms. The smallest absolute Gasteiger partial charge is 0.237 e. The fourth-order valence-corrected chi connectivity index (χ4v) is 4.46. The predicted octanol–water partition coefficient (Wildman–Crippen LogP) is 3.85.